The Labute approximate surface area is 108 Å². The van der Waals surface area contributed by atoms with Crippen LogP contribution in [-0.4, -0.2) is 29.6 Å². The van der Waals surface area contributed by atoms with E-state index in [0.29, 0.717) is 17.6 Å². The smallest absolute Gasteiger partial charge is 0.307 e. The van der Waals surface area contributed by atoms with Crippen LogP contribution < -0.4 is 0 Å². The molecule has 0 aromatic heterocycles. The fraction of sp³-hybridized carbons (Fsp3) is 0.417. The van der Waals surface area contributed by atoms with E-state index in [0.717, 1.165) is 5.56 Å². The van der Waals surface area contributed by atoms with Crippen molar-refractivity contribution in [1.82, 2.24) is 4.90 Å². The van der Waals surface area contributed by atoms with Gasteiger partial charge < -0.3 is 10.0 Å². The predicted octanol–water partition coefficient (Wildman–Crippen LogP) is 2.74. The van der Waals surface area contributed by atoms with Crippen LogP contribution in [0.5, 0.6) is 0 Å². The number of carbonyl (C=O) groups is 1. The first-order valence-electron chi connectivity index (χ1n) is 5.25. The topological polar surface area (TPSA) is 40.5 Å². The van der Waals surface area contributed by atoms with E-state index in [1.165, 1.54) is 12.1 Å². The number of hydrogen-bond acceptors (Lipinski definition) is 2. The van der Waals surface area contributed by atoms with Crippen molar-refractivity contribution < 1.29 is 14.3 Å². The molecule has 0 amide bonds. The fourth-order valence-electron chi connectivity index (χ4n) is 1.62. The maximum absolute atomic E-state index is 13.1. The van der Waals surface area contributed by atoms with Gasteiger partial charge in [0.1, 0.15) is 5.82 Å². The molecule has 0 fully saturated rings. The zero-order valence-electron chi connectivity index (χ0n) is 9.78. The molecule has 5 heteroatoms. The van der Waals surface area contributed by atoms with Gasteiger partial charge in [-0.05, 0) is 30.8 Å². The summed E-state index contributed by atoms with van der Waals surface area (Å²) in [5.41, 5.74) is 0.817. The van der Waals surface area contributed by atoms with Gasteiger partial charge in [0.15, 0.2) is 0 Å². The maximum atomic E-state index is 13.1. The number of carboxylic acids is 1. The van der Waals surface area contributed by atoms with E-state index in [2.05, 4.69) is 15.9 Å². The molecule has 0 aliphatic heterocycles. The van der Waals surface area contributed by atoms with Gasteiger partial charge in [0.2, 0.25) is 0 Å². The zero-order chi connectivity index (χ0) is 13.0. The van der Waals surface area contributed by atoms with Crippen molar-refractivity contribution in [3.8, 4) is 0 Å². The Balaban J connectivity index is 2.61. The Morgan fingerprint density at radius 2 is 2.18 bits per heavy atom. The molecule has 0 radical (unpaired) electrons. The van der Waals surface area contributed by atoms with Crippen LogP contribution in [0, 0.1) is 11.7 Å². The summed E-state index contributed by atoms with van der Waals surface area (Å²) in [5.74, 6) is -1.55. The second kappa shape index (κ2) is 6.12. The minimum absolute atomic E-state index is 0.297. The molecular weight excluding hydrogens is 289 g/mol. The number of hydrogen-bond donors (Lipinski definition) is 1. The predicted molar refractivity (Wildman–Crippen MR) is 67.2 cm³/mol. The lowest BCUT2D eigenvalue weighted by Gasteiger charge is -2.19. The molecule has 3 nitrogen and oxygen atoms in total. The first-order chi connectivity index (χ1) is 7.88. The molecule has 94 valence electrons. The molecule has 1 unspecified atom stereocenters. The summed E-state index contributed by atoms with van der Waals surface area (Å²) in [6, 6.07) is 4.67. The largest absolute Gasteiger partial charge is 0.481 e. The molecule has 1 aromatic rings. The van der Waals surface area contributed by atoms with Crippen LogP contribution in [0.4, 0.5) is 4.39 Å². The Kier molecular flexibility index (Phi) is 5.08. The van der Waals surface area contributed by atoms with Gasteiger partial charge in [-0.25, -0.2) is 4.39 Å². The van der Waals surface area contributed by atoms with Gasteiger partial charge in [-0.1, -0.05) is 22.9 Å². The highest BCUT2D eigenvalue weighted by Crippen LogP contribution is 2.16. The number of nitrogens with zero attached hydrogens (tertiary/aromatic N) is 1. The van der Waals surface area contributed by atoms with Gasteiger partial charge in [-0.3, -0.25) is 4.79 Å². The van der Waals surface area contributed by atoms with E-state index in [1.54, 1.807) is 6.92 Å². The quantitative estimate of drug-likeness (QED) is 0.909. The molecule has 1 aromatic carbocycles. The van der Waals surface area contributed by atoms with Crippen LogP contribution in [0.3, 0.4) is 0 Å². The summed E-state index contributed by atoms with van der Waals surface area (Å²) in [4.78, 5) is 12.6. The van der Waals surface area contributed by atoms with Gasteiger partial charge in [0.05, 0.1) is 5.92 Å². The molecule has 0 spiro atoms. The second-order valence-electron chi connectivity index (χ2n) is 4.21. The third-order valence-corrected chi connectivity index (χ3v) is 2.84. The highest BCUT2D eigenvalue weighted by Gasteiger charge is 2.13. The van der Waals surface area contributed by atoms with E-state index in [9.17, 15) is 9.18 Å². The molecule has 17 heavy (non-hydrogen) atoms. The van der Waals surface area contributed by atoms with E-state index >= 15 is 0 Å². The van der Waals surface area contributed by atoms with Crippen LogP contribution >= 0.6 is 15.9 Å². The number of benzene rings is 1. The molecule has 0 heterocycles. The average molecular weight is 304 g/mol. The van der Waals surface area contributed by atoms with Crippen molar-refractivity contribution in [2.75, 3.05) is 13.6 Å². The monoisotopic (exact) mass is 303 g/mol. The maximum Gasteiger partial charge on any atom is 0.307 e. The van der Waals surface area contributed by atoms with E-state index in [-0.39, 0.29) is 5.82 Å². The first-order valence-corrected chi connectivity index (χ1v) is 6.04. The van der Waals surface area contributed by atoms with Crippen LogP contribution in [0.25, 0.3) is 0 Å². The van der Waals surface area contributed by atoms with Crippen LogP contribution in [0.1, 0.15) is 12.5 Å². The van der Waals surface area contributed by atoms with Gasteiger partial charge in [0, 0.05) is 17.6 Å². The summed E-state index contributed by atoms with van der Waals surface area (Å²) in [6.07, 6.45) is 0. The van der Waals surface area contributed by atoms with Crippen molar-refractivity contribution in [2.45, 2.75) is 13.5 Å². The van der Waals surface area contributed by atoms with Gasteiger partial charge in [-0.15, -0.1) is 0 Å². The summed E-state index contributed by atoms with van der Waals surface area (Å²) in [5, 5.41) is 8.79. The van der Waals surface area contributed by atoms with E-state index < -0.39 is 11.9 Å². The third kappa shape index (κ3) is 4.83. The summed E-state index contributed by atoms with van der Waals surface area (Å²) in [6.45, 7) is 2.61. The third-order valence-electron chi connectivity index (χ3n) is 2.38. The summed E-state index contributed by atoms with van der Waals surface area (Å²) >= 11 is 3.22. The molecule has 1 N–H and O–H groups in total. The number of aliphatic carboxylic acids is 1. The lowest BCUT2D eigenvalue weighted by molar-refractivity contribution is -0.141. The molecule has 0 saturated heterocycles. The Morgan fingerprint density at radius 1 is 1.53 bits per heavy atom. The van der Waals surface area contributed by atoms with Crippen LogP contribution in [0.2, 0.25) is 0 Å². The average Bonchev–Trinajstić information content (AvgIpc) is 2.14. The molecule has 0 saturated carbocycles. The normalized spacial score (nSPS) is 12.8. The Bertz CT molecular complexity index is 391. The number of rotatable bonds is 5. The lowest BCUT2D eigenvalue weighted by atomic mass is 10.1. The van der Waals surface area contributed by atoms with Crippen LogP contribution in [0.15, 0.2) is 22.7 Å². The van der Waals surface area contributed by atoms with Crippen molar-refractivity contribution in [2.24, 2.45) is 5.92 Å². The van der Waals surface area contributed by atoms with Crippen molar-refractivity contribution in [1.29, 1.82) is 0 Å². The standard InChI is InChI=1S/C12H15BrFNO2/c1-8(12(16)17)6-15(2)7-9-3-10(13)5-11(14)4-9/h3-5,8H,6-7H2,1-2H3,(H,16,17). The Hall–Kier alpha value is -0.940. The Morgan fingerprint density at radius 3 is 2.71 bits per heavy atom. The van der Waals surface area contributed by atoms with Gasteiger partial charge >= 0.3 is 5.97 Å². The highest BCUT2D eigenvalue weighted by atomic mass is 79.9. The van der Waals surface area contributed by atoms with Crippen LogP contribution in [-0.2, 0) is 11.3 Å². The highest BCUT2D eigenvalue weighted by molar-refractivity contribution is 9.10. The molecule has 0 aliphatic carbocycles. The van der Waals surface area contributed by atoms with Crippen molar-refractivity contribution in [3.63, 3.8) is 0 Å². The van der Waals surface area contributed by atoms with Crippen molar-refractivity contribution in [3.05, 3.63) is 34.1 Å². The van der Waals surface area contributed by atoms with E-state index in [4.69, 9.17) is 5.11 Å². The molecule has 0 bridgehead atoms. The molecule has 0 aliphatic rings. The number of halogens is 2. The molecule has 1 atom stereocenters. The summed E-state index contributed by atoms with van der Waals surface area (Å²) in [7, 11) is 1.82. The van der Waals surface area contributed by atoms with E-state index in [1.807, 2.05) is 18.0 Å². The molecule has 1 rings (SSSR count). The lowest BCUT2D eigenvalue weighted by Crippen LogP contribution is -2.28. The summed E-state index contributed by atoms with van der Waals surface area (Å²) < 4.78 is 13.8. The number of carboxylic acid groups (broad SMARTS) is 1. The van der Waals surface area contributed by atoms with Gasteiger partial charge in [-0.2, -0.15) is 0 Å². The van der Waals surface area contributed by atoms with Gasteiger partial charge in [0.25, 0.3) is 0 Å². The zero-order valence-corrected chi connectivity index (χ0v) is 11.4. The minimum atomic E-state index is -0.822. The second-order valence-corrected chi connectivity index (χ2v) is 5.13. The fourth-order valence-corrected chi connectivity index (χ4v) is 2.14. The van der Waals surface area contributed by atoms with Crippen molar-refractivity contribution >= 4 is 21.9 Å². The SMILES string of the molecule is CC(CN(C)Cc1cc(F)cc(Br)c1)C(=O)O. The molecular formula is C12H15BrFNO2. The minimum Gasteiger partial charge on any atom is -0.481 e. The first kappa shape index (κ1) is 14.1.